The number of rotatable bonds is 2. The SMILES string of the molecule is Cc1ccnc2ccc(C(=O)N3CC(n4ccnn4)C3)cc12. The van der Waals surface area contributed by atoms with Gasteiger partial charge in [-0.3, -0.25) is 9.78 Å². The van der Waals surface area contributed by atoms with Gasteiger partial charge in [0.1, 0.15) is 0 Å². The number of likely N-dealkylation sites (tertiary alicyclic amines) is 1. The van der Waals surface area contributed by atoms with Crippen molar-refractivity contribution in [1.29, 1.82) is 0 Å². The van der Waals surface area contributed by atoms with Gasteiger partial charge in [0.15, 0.2) is 0 Å². The van der Waals surface area contributed by atoms with Crippen molar-refractivity contribution < 1.29 is 4.79 Å². The summed E-state index contributed by atoms with van der Waals surface area (Å²) in [5.41, 5.74) is 2.75. The molecular weight excluding hydrogens is 278 g/mol. The van der Waals surface area contributed by atoms with Crippen LogP contribution in [0.4, 0.5) is 0 Å². The minimum absolute atomic E-state index is 0.0570. The first-order valence-corrected chi connectivity index (χ1v) is 7.23. The summed E-state index contributed by atoms with van der Waals surface area (Å²) in [5.74, 6) is 0.0570. The van der Waals surface area contributed by atoms with Crippen LogP contribution < -0.4 is 0 Å². The van der Waals surface area contributed by atoms with Crippen molar-refractivity contribution in [2.24, 2.45) is 0 Å². The zero-order chi connectivity index (χ0) is 15.1. The lowest BCUT2D eigenvalue weighted by Gasteiger charge is -2.38. The number of amides is 1. The molecule has 0 atom stereocenters. The summed E-state index contributed by atoms with van der Waals surface area (Å²) < 4.78 is 1.80. The van der Waals surface area contributed by atoms with E-state index in [0.29, 0.717) is 18.7 Å². The first-order chi connectivity index (χ1) is 10.7. The Balaban J connectivity index is 1.55. The lowest BCUT2D eigenvalue weighted by atomic mass is 10.0. The van der Waals surface area contributed by atoms with Crippen LogP contribution in [0.2, 0.25) is 0 Å². The van der Waals surface area contributed by atoms with Crippen molar-refractivity contribution in [2.75, 3.05) is 13.1 Å². The molecule has 22 heavy (non-hydrogen) atoms. The summed E-state index contributed by atoms with van der Waals surface area (Å²) >= 11 is 0. The molecule has 1 aliphatic rings. The van der Waals surface area contributed by atoms with Gasteiger partial charge >= 0.3 is 0 Å². The molecule has 0 bridgehead atoms. The normalized spacial score (nSPS) is 15.0. The molecule has 0 N–H and O–H groups in total. The number of fused-ring (bicyclic) bond motifs is 1. The first kappa shape index (κ1) is 12.9. The summed E-state index contributed by atoms with van der Waals surface area (Å²) in [6, 6.07) is 7.88. The highest BCUT2D eigenvalue weighted by Crippen LogP contribution is 2.24. The molecule has 1 fully saturated rings. The van der Waals surface area contributed by atoms with Crippen LogP contribution in [0.25, 0.3) is 10.9 Å². The topological polar surface area (TPSA) is 63.9 Å². The average Bonchev–Trinajstić information content (AvgIpc) is 3.00. The van der Waals surface area contributed by atoms with Gasteiger partial charge in [0, 0.05) is 36.4 Å². The minimum Gasteiger partial charge on any atom is -0.334 e. The molecule has 1 amide bonds. The van der Waals surface area contributed by atoms with Gasteiger partial charge in [-0.05, 0) is 36.8 Å². The van der Waals surface area contributed by atoms with Crippen molar-refractivity contribution in [3.8, 4) is 0 Å². The van der Waals surface area contributed by atoms with Crippen LogP contribution in [0.15, 0.2) is 42.9 Å². The Hall–Kier alpha value is -2.76. The zero-order valence-electron chi connectivity index (χ0n) is 12.2. The maximum atomic E-state index is 12.6. The first-order valence-electron chi connectivity index (χ1n) is 7.23. The minimum atomic E-state index is 0.0570. The number of hydrogen-bond donors (Lipinski definition) is 0. The van der Waals surface area contributed by atoms with E-state index in [1.807, 2.05) is 42.3 Å². The Bertz CT molecular complexity index is 837. The molecule has 0 radical (unpaired) electrons. The molecule has 6 nitrogen and oxygen atoms in total. The Kier molecular flexibility index (Phi) is 2.89. The molecular formula is C16H15N5O. The number of hydrogen-bond acceptors (Lipinski definition) is 4. The van der Waals surface area contributed by atoms with Crippen molar-refractivity contribution in [1.82, 2.24) is 24.9 Å². The molecule has 3 aromatic rings. The third-order valence-corrected chi connectivity index (χ3v) is 4.17. The van der Waals surface area contributed by atoms with E-state index >= 15 is 0 Å². The Morgan fingerprint density at radius 3 is 2.86 bits per heavy atom. The van der Waals surface area contributed by atoms with Gasteiger partial charge < -0.3 is 4.90 Å². The highest BCUT2D eigenvalue weighted by Gasteiger charge is 2.32. The molecule has 4 rings (SSSR count). The van der Waals surface area contributed by atoms with Crippen molar-refractivity contribution >= 4 is 16.8 Å². The van der Waals surface area contributed by atoms with E-state index in [-0.39, 0.29) is 11.9 Å². The van der Waals surface area contributed by atoms with Gasteiger partial charge in [-0.2, -0.15) is 0 Å². The quantitative estimate of drug-likeness (QED) is 0.723. The zero-order valence-corrected chi connectivity index (χ0v) is 12.2. The monoisotopic (exact) mass is 293 g/mol. The van der Waals surface area contributed by atoms with E-state index < -0.39 is 0 Å². The maximum Gasteiger partial charge on any atom is 0.254 e. The van der Waals surface area contributed by atoms with Crippen LogP contribution >= 0.6 is 0 Å². The molecule has 0 saturated carbocycles. The van der Waals surface area contributed by atoms with Crippen molar-refractivity contribution in [3.63, 3.8) is 0 Å². The summed E-state index contributed by atoms with van der Waals surface area (Å²) in [6.07, 6.45) is 5.28. The van der Waals surface area contributed by atoms with E-state index in [1.54, 1.807) is 17.1 Å². The fraction of sp³-hybridized carbons (Fsp3) is 0.250. The van der Waals surface area contributed by atoms with Gasteiger partial charge in [-0.25, -0.2) is 4.68 Å². The highest BCUT2D eigenvalue weighted by molar-refractivity contribution is 5.98. The van der Waals surface area contributed by atoms with E-state index in [1.165, 1.54) is 0 Å². The molecule has 6 heteroatoms. The molecule has 0 unspecified atom stereocenters. The summed E-state index contributed by atoms with van der Waals surface area (Å²) in [4.78, 5) is 18.7. The Morgan fingerprint density at radius 1 is 1.23 bits per heavy atom. The summed E-state index contributed by atoms with van der Waals surface area (Å²) in [7, 11) is 0. The third-order valence-electron chi connectivity index (χ3n) is 4.17. The molecule has 110 valence electrons. The second-order valence-electron chi connectivity index (χ2n) is 5.61. The van der Waals surface area contributed by atoms with Crippen LogP contribution in [0, 0.1) is 6.92 Å². The molecule has 1 aromatic carbocycles. The molecule has 0 spiro atoms. The lowest BCUT2D eigenvalue weighted by molar-refractivity contribution is 0.0498. The second-order valence-corrected chi connectivity index (χ2v) is 5.61. The van der Waals surface area contributed by atoms with Crippen LogP contribution in [0.3, 0.4) is 0 Å². The molecule has 0 aliphatic carbocycles. The van der Waals surface area contributed by atoms with Gasteiger partial charge in [0.05, 0.1) is 17.8 Å². The second kappa shape index (κ2) is 4.91. The Labute approximate surface area is 127 Å². The predicted octanol–water partition coefficient (Wildman–Crippen LogP) is 1.83. The van der Waals surface area contributed by atoms with Gasteiger partial charge in [-0.1, -0.05) is 5.21 Å². The number of carbonyl (C=O) groups is 1. The number of carbonyl (C=O) groups excluding carboxylic acids is 1. The fourth-order valence-corrected chi connectivity index (χ4v) is 2.80. The number of pyridine rings is 1. The van der Waals surface area contributed by atoms with E-state index in [9.17, 15) is 4.79 Å². The van der Waals surface area contributed by atoms with Crippen molar-refractivity contribution in [2.45, 2.75) is 13.0 Å². The van der Waals surface area contributed by atoms with E-state index in [2.05, 4.69) is 15.3 Å². The average molecular weight is 293 g/mol. The van der Waals surface area contributed by atoms with Gasteiger partial charge in [0.25, 0.3) is 5.91 Å². The van der Waals surface area contributed by atoms with E-state index in [4.69, 9.17) is 0 Å². The van der Waals surface area contributed by atoms with Crippen LogP contribution in [-0.4, -0.2) is 43.9 Å². The smallest absolute Gasteiger partial charge is 0.254 e. The lowest BCUT2D eigenvalue weighted by Crippen LogP contribution is -2.50. The highest BCUT2D eigenvalue weighted by atomic mass is 16.2. The van der Waals surface area contributed by atoms with Crippen LogP contribution in [0.1, 0.15) is 22.0 Å². The number of aromatic nitrogens is 4. The van der Waals surface area contributed by atoms with Gasteiger partial charge in [0.2, 0.25) is 0 Å². The standard InChI is InChI=1S/C16H15N5O/c1-11-4-5-17-15-3-2-12(8-14(11)15)16(22)20-9-13(10-20)21-7-6-18-19-21/h2-8,13H,9-10H2,1H3. The number of aryl methyl sites for hydroxylation is 1. The van der Waals surface area contributed by atoms with Crippen LogP contribution in [-0.2, 0) is 0 Å². The van der Waals surface area contributed by atoms with Crippen molar-refractivity contribution in [3.05, 3.63) is 54.0 Å². The van der Waals surface area contributed by atoms with E-state index in [0.717, 1.165) is 16.5 Å². The largest absolute Gasteiger partial charge is 0.334 e. The molecule has 2 aromatic heterocycles. The summed E-state index contributed by atoms with van der Waals surface area (Å²) in [6.45, 7) is 3.38. The number of nitrogens with zero attached hydrogens (tertiary/aromatic N) is 5. The number of benzene rings is 1. The maximum absolute atomic E-state index is 12.6. The Morgan fingerprint density at radius 2 is 2.09 bits per heavy atom. The molecule has 3 heterocycles. The predicted molar refractivity (Wildman–Crippen MR) is 81.4 cm³/mol. The molecule has 1 saturated heterocycles. The fourth-order valence-electron chi connectivity index (χ4n) is 2.80. The summed E-state index contributed by atoms with van der Waals surface area (Å²) in [5, 5.41) is 8.81. The van der Waals surface area contributed by atoms with Crippen LogP contribution in [0.5, 0.6) is 0 Å². The third kappa shape index (κ3) is 2.04. The van der Waals surface area contributed by atoms with Gasteiger partial charge in [-0.15, -0.1) is 5.10 Å². The molecule has 1 aliphatic heterocycles.